The van der Waals surface area contributed by atoms with E-state index in [2.05, 4.69) is 0 Å². The summed E-state index contributed by atoms with van der Waals surface area (Å²) >= 11 is -2.16. The maximum Gasteiger partial charge on any atom is 1.00 e. The molecule has 0 aliphatic rings. The molecular weight excluding hydrogens is 175 g/mol. The van der Waals surface area contributed by atoms with E-state index < -0.39 is 11.1 Å². The van der Waals surface area contributed by atoms with Crippen molar-refractivity contribution in [1.29, 1.82) is 0 Å². The van der Waals surface area contributed by atoms with Gasteiger partial charge < -0.3 is 8.97 Å². The van der Waals surface area contributed by atoms with E-state index in [9.17, 15) is 8.76 Å². The molecule has 5 heteroatoms. The molecule has 0 aliphatic carbocycles. The van der Waals surface area contributed by atoms with Gasteiger partial charge in [-0.25, -0.2) is 0 Å². The van der Waals surface area contributed by atoms with Gasteiger partial charge in [-0.3, -0.25) is 4.21 Å². The quantitative estimate of drug-likeness (QED) is 0.378. The molecule has 0 radical (unpaired) electrons. The van der Waals surface area contributed by atoms with Gasteiger partial charge in [-0.2, -0.15) is 0 Å². The average Bonchev–Trinajstić information content (AvgIpc) is 2.10. The van der Waals surface area contributed by atoms with Crippen LogP contribution < -0.4 is 29.6 Å². The molecule has 1 aromatic heterocycles. The van der Waals surface area contributed by atoms with Gasteiger partial charge in [-0.15, -0.1) is 0 Å². The first kappa shape index (κ1) is 11.4. The number of aryl methyl sites for hydroxylation is 2. The molecule has 1 heterocycles. The number of rotatable bonds is 1. The molecule has 3 nitrogen and oxygen atoms in total. The minimum atomic E-state index is -2.16. The molecule has 1 unspecified atom stereocenters. The fourth-order valence-corrected chi connectivity index (χ4v) is 1.31. The van der Waals surface area contributed by atoms with Crippen molar-refractivity contribution in [2.45, 2.75) is 18.7 Å². The molecule has 0 fully saturated rings. The van der Waals surface area contributed by atoms with Gasteiger partial charge in [0, 0.05) is 0 Å². The van der Waals surface area contributed by atoms with Crippen LogP contribution in [0.5, 0.6) is 0 Å². The summed E-state index contributed by atoms with van der Waals surface area (Å²) in [5, 5.41) is 0. The summed E-state index contributed by atoms with van der Waals surface area (Å²) in [7, 11) is 0. The van der Waals surface area contributed by atoms with Crippen molar-refractivity contribution in [2.24, 2.45) is 0 Å². The Morgan fingerprint density at radius 3 is 2.27 bits per heavy atom. The van der Waals surface area contributed by atoms with Crippen molar-refractivity contribution in [3.63, 3.8) is 0 Å². The van der Waals surface area contributed by atoms with Crippen LogP contribution in [0.1, 0.15) is 11.5 Å². The third-order valence-electron chi connectivity index (χ3n) is 1.17. The van der Waals surface area contributed by atoms with E-state index in [0.717, 1.165) is 0 Å². The molecule has 0 spiro atoms. The van der Waals surface area contributed by atoms with E-state index >= 15 is 0 Å². The molecule has 11 heavy (non-hydrogen) atoms. The Morgan fingerprint density at radius 1 is 1.55 bits per heavy atom. The van der Waals surface area contributed by atoms with Gasteiger partial charge in [0.15, 0.2) is 0 Å². The minimum Gasteiger partial charge on any atom is -0.768 e. The third kappa shape index (κ3) is 2.72. The van der Waals surface area contributed by atoms with Crippen molar-refractivity contribution < 1.29 is 42.7 Å². The first-order valence-electron chi connectivity index (χ1n) is 2.77. The summed E-state index contributed by atoms with van der Waals surface area (Å²) in [4.78, 5) is 0.248. The smallest absolute Gasteiger partial charge is 0.768 e. The second kappa shape index (κ2) is 4.42. The molecule has 0 N–H and O–H groups in total. The largest absolute Gasteiger partial charge is 1.00 e. The second-order valence-electron chi connectivity index (χ2n) is 2.01. The van der Waals surface area contributed by atoms with Gasteiger partial charge in [0.2, 0.25) is 0 Å². The van der Waals surface area contributed by atoms with E-state index in [1.165, 1.54) is 6.07 Å². The standard InChI is InChI=1S/C6H8O3S.Na/c1-4-3-6(10(7)8)5(2)9-4;/h3H,1-2H3,(H,7,8);/q;+1/p-1. The van der Waals surface area contributed by atoms with Gasteiger partial charge in [-0.1, -0.05) is 0 Å². The van der Waals surface area contributed by atoms with Gasteiger partial charge in [0.1, 0.15) is 11.5 Å². The molecule has 0 aromatic carbocycles. The topological polar surface area (TPSA) is 53.3 Å². The minimum absolute atomic E-state index is 0. The second-order valence-corrected chi connectivity index (χ2v) is 2.92. The van der Waals surface area contributed by atoms with Crippen molar-refractivity contribution in [2.75, 3.05) is 0 Å². The van der Waals surface area contributed by atoms with Crippen LogP contribution in [0.15, 0.2) is 15.4 Å². The fourth-order valence-electron chi connectivity index (χ4n) is 0.773. The molecule has 0 saturated heterocycles. The summed E-state index contributed by atoms with van der Waals surface area (Å²) < 4.78 is 25.7. The predicted octanol–water partition coefficient (Wildman–Crippen LogP) is -1.86. The Labute approximate surface area is 89.7 Å². The third-order valence-corrected chi connectivity index (χ3v) is 1.94. The number of furan rings is 1. The number of hydrogen-bond donors (Lipinski definition) is 0. The Hall–Kier alpha value is 0.390. The van der Waals surface area contributed by atoms with Crippen LogP contribution in [0.2, 0.25) is 0 Å². The van der Waals surface area contributed by atoms with Crippen molar-refractivity contribution in [3.8, 4) is 0 Å². The predicted molar refractivity (Wildman–Crippen MR) is 35.4 cm³/mol. The van der Waals surface area contributed by atoms with Crippen LogP contribution in [0.4, 0.5) is 0 Å². The Balaban J connectivity index is 0.000001000. The summed E-state index contributed by atoms with van der Waals surface area (Å²) in [6.45, 7) is 3.33. The van der Waals surface area contributed by atoms with Crippen molar-refractivity contribution >= 4 is 11.1 Å². The van der Waals surface area contributed by atoms with Gasteiger partial charge in [0.05, 0.1) is 4.90 Å². The molecule has 0 saturated carbocycles. The maximum atomic E-state index is 10.4. The fraction of sp³-hybridized carbons (Fsp3) is 0.333. The molecule has 0 amide bonds. The van der Waals surface area contributed by atoms with Crippen LogP contribution in [-0.2, 0) is 11.1 Å². The zero-order chi connectivity index (χ0) is 7.72. The summed E-state index contributed by atoms with van der Waals surface area (Å²) in [5.74, 6) is 1.07. The summed E-state index contributed by atoms with van der Waals surface area (Å²) in [5.41, 5.74) is 0. The first-order chi connectivity index (χ1) is 4.61. The monoisotopic (exact) mass is 182 g/mol. The Kier molecular flexibility index (Phi) is 4.58. The zero-order valence-corrected chi connectivity index (χ0v) is 9.53. The van der Waals surface area contributed by atoms with Gasteiger partial charge in [-0.05, 0) is 31.0 Å². The molecular formula is C6H7NaO3S. The molecule has 1 aromatic rings. The number of hydrogen-bond acceptors (Lipinski definition) is 3. The van der Waals surface area contributed by atoms with Gasteiger partial charge in [0.25, 0.3) is 0 Å². The van der Waals surface area contributed by atoms with E-state index in [4.69, 9.17) is 4.42 Å². The molecule has 56 valence electrons. The van der Waals surface area contributed by atoms with Crippen LogP contribution in [-0.4, -0.2) is 8.76 Å². The SMILES string of the molecule is Cc1cc(S(=O)[O-])c(C)o1.[Na+]. The summed E-state index contributed by atoms with van der Waals surface area (Å²) in [6, 6.07) is 1.50. The van der Waals surface area contributed by atoms with Crippen LogP contribution in [0.25, 0.3) is 0 Å². The first-order valence-corrected chi connectivity index (χ1v) is 3.85. The Morgan fingerprint density at radius 2 is 2.09 bits per heavy atom. The zero-order valence-electron chi connectivity index (χ0n) is 6.71. The maximum absolute atomic E-state index is 10.4. The van der Waals surface area contributed by atoms with E-state index in [0.29, 0.717) is 11.5 Å². The molecule has 1 rings (SSSR count). The van der Waals surface area contributed by atoms with E-state index in [1.807, 2.05) is 0 Å². The molecule has 1 atom stereocenters. The Bertz CT molecular complexity index is 269. The molecule has 0 bridgehead atoms. The normalized spacial score (nSPS) is 12.3. The van der Waals surface area contributed by atoms with Gasteiger partial charge >= 0.3 is 29.6 Å². The van der Waals surface area contributed by atoms with Crippen molar-refractivity contribution in [3.05, 3.63) is 17.6 Å². The average molecular weight is 182 g/mol. The van der Waals surface area contributed by atoms with Crippen LogP contribution in [0, 0.1) is 13.8 Å². The van der Waals surface area contributed by atoms with E-state index in [1.54, 1.807) is 13.8 Å². The molecule has 0 aliphatic heterocycles. The van der Waals surface area contributed by atoms with Crippen LogP contribution in [0.3, 0.4) is 0 Å². The van der Waals surface area contributed by atoms with E-state index in [-0.39, 0.29) is 34.5 Å². The van der Waals surface area contributed by atoms with Crippen LogP contribution >= 0.6 is 0 Å². The summed E-state index contributed by atoms with van der Waals surface area (Å²) in [6.07, 6.45) is 0. The van der Waals surface area contributed by atoms with Crippen molar-refractivity contribution in [1.82, 2.24) is 0 Å².